The van der Waals surface area contributed by atoms with Crippen molar-refractivity contribution in [3.63, 3.8) is 0 Å². The van der Waals surface area contributed by atoms with Crippen molar-refractivity contribution in [2.45, 2.75) is 12.7 Å². The molecule has 1 aromatic heterocycles. The molecule has 0 amide bonds. The molecule has 2 heterocycles. The van der Waals surface area contributed by atoms with Gasteiger partial charge in [-0.05, 0) is 23.8 Å². The molecular weight excluding hydrogens is 489 g/mol. The summed E-state index contributed by atoms with van der Waals surface area (Å²) in [6, 6.07) is 4.78. The highest BCUT2D eigenvalue weighted by molar-refractivity contribution is 5.93. The highest BCUT2D eigenvalue weighted by atomic mass is 19.4. The van der Waals surface area contributed by atoms with Crippen LogP contribution in [0.15, 0.2) is 41.3 Å². The van der Waals surface area contributed by atoms with Crippen molar-refractivity contribution in [1.29, 1.82) is 0 Å². The highest BCUT2D eigenvalue weighted by Gasteiger charge is 2.30. The fraction of sp³-hybridized carbons (Fsp3) is 0.333. The number of carboxylic acid groups (broad SMARTS) is 1. The van der Waals surface area contributed by atoms with Gasteiger partial charge in [-0.1, -0.05) is 12.1 Å². The second-order valence-electron chi connectivity index (χ2n) is 8.32. The Labute approximate surface area is 201 Å². The molecule has 36 heavy (non-hydrogen) atoms. The maximum absolute atomic E-state index is 15.6. The molecule has 0 saturated carbocycles. The number of ether oxygens (including phenoxy) is 1. The van der Waals surface area contributed by atoms with E-state index in [4.69, 9.17) is 4.74 Å². The molecule has 7 nitrogen and oxygen atoms in total. The number of halogens is 5. The van der Waals surface area contributed by atoms with Crippen LogP contribution in [0.2, 0.25) is 0 Å². The first-order valence-corrected chi connectivity index (χ1v) is 11.0. The van der Waals surface area contributed by atoms with Crippen molar-refractivity contribution in [3.8, 4) is 0 Å². The maximum Gasteiger partial charge on any atom is 0.416 e. The van der Waals surface area contributed by atoms with E-state index in [1.807, 2.05) is 4.90 Å². The maximum atomic E-state index is 15.6. The monoisotopic (exact) mass is 511 g/mol. The number of carbonyl (C=O) groups is 1. The lowest BCUT2D eigenvalue weighted by atomic mass is 10.1. The van der Waals surface area contributed by atoms with Crippen molar-refractivity contribution < 1.29 is 36.6 Å². The largest absolute Gasteiger partial charge is 0.477 e. The van der Waals surface area contributed by atoms with Crippen LogP contribution in [-0.2, 0) is 17.5 Å². The Morgan fingerprint density at radius 1 is 1.11 bits per heavy atom. The van der Waals surface area contributed by atoms with Gasteiger partial charge in [-0.2, -0.15) is 13.2 Å². The number of carboxylic acids is 1. The summed E-state index contributed by atoms with van der Waals surface area (Å²) in [5.41, 5.74) is -3.24. The van der Waals surface area contributed by atoms with Gasteiger partial charge >= 0.3 is 12.1 Å². The summed E-state index contributed by atoms with van der Waals surface area (Å²) in [6.07, 6.45) is -3.65. The van der Waals surface area contributed by atoms with Crippen LogP contribution in [0.3, 0.4) is 0 Å². The molecule has 1 aliphatic rings. The average molecular weight is 511 g/mol. The summed E-state index contributed by atoms with van der Waals surface area (Å²) in [6.45, 7) is 2.88. The number of nitrogens with zero attached hydrogens (tertiary/aromatic N) is 2. The van der Waals surface area contributed by atoms with Crippen molar-refractivity contribution in [1.82, 2.24) is 9.47 Å². The van der Waals surface area contributed by atoms with Crippen LogP contribution in [0.25, 0.3) is 10.9 Å². The van der Waals surface area contributed by atoms with Crippen molar-refractivity contribution in [2.24, 2.45) is 0 Å². The average Bonchev–Trinajstić information content (AvgIpc) is 2.83. The van der Waals surface area contributed by atoms with E-state index in [9.17, 15) is 32.3 Å². The Kier molecular flexibility index (Phi) is 7.27. The van der Waals surface area contributed by atoms with E-state index in [0.717, 1.165) is 41.1 Å². The molecule has 1 aliphatic heterocycles. The van der Waals surface area contributed by atoms with Crippen LogP contribution in [-0.4, -0.2) is 59.9 Å². The predicted molar refractivity (Wildman–Crippen MR) is 121 cm³/mol. The quantitative estimate of drug-likeness (QED) is 0.470. The number of hydrogen-bond acceptors (Lipinski definition) is 5. The molecule has 2 aromatic carbocycles. The molecule has 0 bridgehead atoms. The molecule has 0 radical (unpaired) electrons. The summed E-state index contributed by atoms with van der Waals surface area (Å²) < 4.78 is 75.5. The van der Waals surface area contributed by atoms with E-state index in [1.165, 1.54) is 0 Å². The Morgan fingerprint density at radius 3 is 2.39 bits per heavy atom. The zero-order valence-corrected chi connectivity index (χ0v) is 18.9. The summed E-state index contributed by atoms with van der Waals surface area (Å²) in [4.78, 5) is 26.3. The molecular formula is C24H22F5N3O4. The minimum absolute atomic E-state index is 0.190. The van der Waals surface area contributed by atoms with Crippen molar-refractivity contribution in [3.05, 3.63) is 75.1 Å². The van der Waals surface area contributed by atoms with Gasteiger partial charge in [0.05, 0.1) is 29.7 Å². The van der Waals surface area contributed by atoms with Crippen LogP contribution in [0.4, 0.5) is 27.6 Å². The van der Waals surface area contributed by atoms with Gasteiger partial charge in [0.1, 0.15) is 17.1 Å². The number of alkyl halides is 3. The number of morpholine rings is 1. The van der Waals surface area contributed by atoms with Gasteiger partial charge in [-0.15, -0.1) is 0 Å². The van der Waals surface area contributed by atoms with E-state index in [1.54, 1.807) is 0 Å². The first kappa shape index (κ1) is 25.6. The smallest absolute Gasteiger partial charge is 0.416 e. The predicted octanol–water partition coefficient (Wildman–Crippen LogP) is 3.79. The number of aromatic carboxylic acids is 1. The molecule has 0 atom stereocenters. The van der Waals surface area contributed by atoms with Gasteiger partial charge in [0.15, 0.2) is 5.82 Å². The first-order chi connectivity index (χ1) is 17.1. The number of hydrogen-bond donors (Lipinski definition) is 2. The van der Waals surface area contributed by atoms with Gasteiger partial charge in [-0.3, -0.25) is 9.69 Å². The van der Waals surface area contributed by atoms with E-state index in [-0.39, 0.29) is 24.2 Å². The molecule has 0 aliphatic carbocycles. The number of aromatic nitrogens is 1. The third-order valence-corrected chi connectivity index (χ3v) is 5.95. The summed E-state index contributed by atoms with van der Waals surface area (Å²) in [7, 11) is 0. The fourth-order valence-electron chi connectivity index (χ4n) is 4.09. The minimum Gasteiger partial charge on any atom is -0.477 e. The Hall–Kier alpha value is -3.51. The standard InChI is InChI=1S/C24H22F5N3O4/c25-18-11-16-21(19(26)20(18)30-5-6-31-7-9-36-10-8-31)32(13-17(22(16)33)23(34)35)12-14-1-3-15(4-2-14)24(27,28)29/h1-4,11,13,30H,5-10,12H2,(H,34,35). The van der Waals surface area contributed by atoms with Gasteiger partial charge < -0.3 is 19.7 Å². The van der Waals surface area contributed by atoms with Gasteiger partial charge in [0.2, 0.25) is 5.43 Å². The van der Waals surface area contributed by atoms with Crippen LogP contribution in [0.1, 0.15) is 21.5 Å². The second-order valence-corrected chi connectivity index (χ2v) is 8.32. The van der Waals surface area contributed by atoms with Crippen LogP contribution >= 0.6 is 0 Å². The number of pyridine rings is 1. The number of nitrogens with one attached hydrogen (secondary N) is 1. The molecule has 0 unspecified atom stereocenters. The lowest BCUT2D eigenvalue weighted by Crippen LogP contribution is -2.39. The number of rotatable bonds is 7. The van der Waals surface area contributed by atoms with Gasteiger partial charge in [0.25, 0.3) is 0 Å². The number of fused-ring (bicyclic) bond motifs is 1. The Bertz CT molecular complexity index is 1330. The second kappa shape index (κ2) is 10.2. The molecule has 3 aromatic rings. The van der Waals surface area contributed by atoms with Crippen LogP contribution < -0.4 is 10.7 Å². The topological polar surface area (TPSA) is 83.8 Å². The first-order valence-electron chi connectivity index (χ1n) is 11.0. The molecule has 1 saturated heterocycles. The minimum atomic E-state index is -4.55. The SMILES string of the molecule is O=C(O)c1cn(Cc2ccc(C(F)(F)F)cc2)c2c(F)c(NCCN3CCOCC3)c(F)cc2c1=O. The zero-order valence-electron chi connectivity index (χ0n) is 18.9. The lowest BCUT2D eigenvalue weighted by molar-refractivity contribution is -0.137. The lowest BCUT2D eigenvalue weighted by Gasteiger charge is -2.26. The van der Waals surface area contributed by atoms with Gasteiger partial charge in [-0.25, -0.2) is 13.6 Å². The van der Waals surface area contributed by atoms with E-state index >= 15 is 4.39 Å². The van der Waals surface area contributed by atoms with Crippen molar-refractivity contribution in [2.75, 3.05) is 44.7 Å². The van der Waals surface area contributed by atoms with E-state index in [0.29, 0.717) is 32.8 Å². The van der Waals surface area contributed by atoms with E-state index < -0.39 is 51.4 Å². The summed E-state index contributed by atoms with van der Waals surface area (Å²) in [5, 5.41) is 11.6. The van der Waals surface area contributed by atoms with Crippen LogP contribution in [0.5, 0.6) is 0 Å². The fourth-order valence-corrected chi connectivity index (χ4v) is 4.09. The Morgan fingerprint density at radius 2 is 1.78 bits per heavy atom. The zero-order chi connectivity index (χ0) is 26.0. The Balaban J connectivity index is 1.73. The summed E-state index contributed by atoms with van der Waals surface area (Å²) >= 11 is 0. The normalized spacial score (nSPS) is 14.8. The third-order valence-electron chi connectivity index (χ3n) is 5.95. The number of benzene rings is 2. The van der Waals surface area contributed by atoms with Gasteiger partial charge in [0, 0.05) is 38.9 Å². The van der Waals surface area contributed by atoms with Crippen LogP contribution in [0, 0.1) is 11.6 Å². The molecule has 0 spiro atoms. The molecule has 12 heteroatoms. The molecule has 2 N–H and O–H groups in total. The molecule has 192 valence electrons. The molecule has 4 rings (SSSR count). The number of anilines is 1. The highest BCUT2D eigenvalue weighted by Crippen LogP contribution is 2.30. The van der Waals surface area contributed by atoms with E-state index in [2.05, 4.69) is 5.32 Å². The molecule has 1 fully saturated rings. The third kappa shape index (κ3) is 5.34. The summed E-state index contributed by atoms with van der Waals surface area (Å²) in [5.74, 6) is -3.77. The van der Waals surface area contributed by atoms with Crippen molar-refractivity contribution >= 4 is 22.6 Å².